The van der Waals surface area contributed by atoms with Gasteiger partial charge in [-0.15, -0.1) is 0 Å². The molecule has 0 amide bonds. The second kappa shape index (κ2) is 8.52. The average Bonchev–Trinajstić information content (AvgIpc) is 3.27. The topological polar surface area (TPSA) is 114 Å². The molecule has 0 spiro atoms. The standard InChI is InChI=1S/C23H23N3O5S/c1-3-32(29,30)25-17-7-8-22(31-18-6-4-5-16(12-18)14-27)21(13-17)20-11-15(2)26(28)23-19(20)9-10-24-23/h4-13,25,27-28H,3,14H2,1-2H3. The summed E-state index contributed by atoms with van der Waals surface area (Å²) in [6.45, 7) is 3.19. The number of nitrogens with zero attached hydrogens (tertiary/aromatic N) is 2. The molecule has 0 saturated heterocycles. The molecular formula is C23H23N3O5S. The van der Waals surface area contributed by atoms with Crippen LogP contribution in [0, 0.1) is 6.92 Å². The molecule has 0 aliphatic carbocycles. The lowest BCUT2D eigenvalue weighted by molar-refractivity contribution is 0.180. The largest absolute Gasteiger partial charge is 0.457 e. The lowest BCUT2D eigenvalue weighted by atomic mass is 9.98. The molecule has 3 N–H and O–H groups in total. The van der Waals surface area contributed by atoms with Crippen molar-refractivity contribution in [2.24, 2.45) is 0 Å². The maximum Gasteiger partial charge on any atom is 0.232 e. The molecule has 2 aromatic rings. The van der Waals surface area contributed by atoms with E-state index in [4.69, 9.17) is 4.74 Å². The maximum atomic E-state index is 12.1. The normalized spacial score (nSPS) is 11.6. The summed E-state index contributed by atoms with van der Waals surface area (Å²) in [5, 5.41) is 19.8. The summed E-state index contributed by atoms with van der Waals surface area (Å²) in [6.07, 6.45) is 1.59. The quantitative estimate of drug-likeness (QED) is 0.361. The minimum absolute atomic E-state index is 0.0550. The van der Waals surface area contributed by atoms with Crippen LogP contribution >= 0.6 is 0 Å². The van der Waals surface area contributed by atoms with E-state index in [0.717, 1.165) is 10.3 Å². The highest BCUT2D eigenvalue weighted by Gasteiger charge is 2.21. The van der Waals surface area contributed by atoms with Crippen molar-refractivity contribution >= 4 is 15.7 Å². The van der Waals surface area contributed by atoms with Crippen molar-refractivity contribution < 1.29 is 23.5 Å². The van der Waals surface area contributed by atoms with Crippen molar-refractivity contribution in [1.29, 1.82) is 0 Å². The highest BCUT2D eigenvalue weighted by atomic mass is 32.2. The number of aliphatic hydroxyl groups is 1. The van der Waals surface area contributed by atoms with Gasteiger partial charge in [0.2, 0.25) is 10.0 Å². The van der Waals surface area contributed by atoms with Gasteiger partial charge in [-0.25, -0.2) is 13.4 Å². The zero-order valence-electron chi connectivity index (χ0n) is 17.6. The average molecular weight is 454 g/mol. The Morgan fingerprint density at radius 3 is 2.62 bits per heavy atom. The van der Waals surface area contributed by atoms with E-state index in [2.05, 4.69) is 9.71 Å². The van der Waals surface area contributed by atoms with Gasteiger partial charge in [-0.05, 0) is 67.4 Å². The number of hydrogen-bond donors (Lipinski definition) is 3. The molecule has 2 aliphatic heterocycles. The predicted molar refractivity (Wildman–Crippen MR) is 122 cm³/mol. The van der Waals surface area contributed by atoms with Crippen LogP contribution in [-0.4, -0.2) is 34.2 Å². The summed E-state index contributed by atoms with van der Waals surface area (Å²) >= 11 is 0. The summed E-state index contributed by atoms with van der Waals surface area (Å²) in [5.41, 5.74) is 3.69. The Hall–Kier alpha value is -3.56. The Bertz CT molecular complexity index is 1350. The van der Waals surface area contributed by atoms with Gasteiger partial charge >= 0.3 is 0 Å². The van der Waals surface area contributed by atoms with Crippen LogP contribution in [0.3, 0.4) is 0 Å². The zero-order chi connectivity index (χ0) is 22.9. The first-order chi connectivity index (χ1) is 15.3. The first kappa shape index (κ1) is 21.7. The number of aryl methyl sites for hydroxylation is 1. The molecule has 0 fully saturated rings. The number of aliphatic hydroxyl groups excluding tert-OH is 1. The molecule has 0 aromatic heterocycles. The first-order valence-electron chi connectivity index (χ1n) is 10.00. The maximum absolute atomic E-state index is 12.1. The van der Waals surface area contributed by atoms with Crippen molar-refractivity contribution in [3.63, 3.8) is 0 Å². The summed E-state index contributed by atoms with van der Waals surface area (Å²) in [4.78, 5) is 4.23. The number of fused-ring (bicyclic) bond motifs is 1. The van der Waals surface area contributed by atoms with Gasteiger partial charge in [-0.1, -0.05) is 12.1 Å². The van der Waals surface area contributed by atoms with E-state index in [-0.39, 0.29) is 12.4 Å². The fourth-order valence-electron chi connectivity index (χ4n) is 3.42. The summed E-state index contributed by atoms with van der Waals surface area (Å²) in [6, 6.07) is 15.6. The summed E-state index contributed by atoms with van der Waals surface area (Å²) in [7, 11) is -3.47. The zero-order valence-corrected chi connectivity index (χ0v) is 18.4. The number of rotatable bonds is 7. The number of pyridine rings is 1. The van der Waals surface area contributed by atoms with Gasteiger partial charge in [0.15, 0.2) is 5.82 Å². The lowest BCUT2D eigenvalue weighted by Gasteiger charge is -2.18. The molecular weight excluding hydrogens is 430 g/mol. The smallest absolute Gasteiger partial charge is 0.232 e. The Balaban J connectivity index is 1.88. The number of nitrogens with one attached hydrogen (secondary N) is 1. The molecule has 32 heavy (non-hydrogen) atoms. The molecule has 2 aromatic carbocycles. The van der Waals surface area contributed by atoms with Crippen LogP contribution < -0.4 is 9.46 Å². The van der Waals surface area contributed by atoms with E-state index in [1.807, 2.05) is 0 Å². The van der Waals surface area contributed by atoms with Crippen LogP contribution in [0.4, 0.5) is 5.69 Å². The van der Waals surface area contributed by atoms with Crippen molar-refractivity contribution in [2.75, 3.05) is 10.5 Å². The third-order valence-corrected chi connectivity index (χ3v) is 6.40. The van der Waals surface area contributed by atoms with Crippen LogP contribution in [0.15, 0.2) is 60.8 Å². The minimum atomic E-state index is -3.47. The Labute approximate surface area is 186 Å². The van der Waals surface area contributed by atoms with Crippen molar-refractivity contribution in [3.8, 4) is 34.0 Å². The third kappa shape index (κ3) is 4.25. The molecule has 0 bridgehead atoms. The molecule has 166 valence electrons. The van der Waals surface area contributed by atoms with Crippen molar-refractivity contribution in [1.82, 2.24) is 9.71 Å². The molecule has 2 aliphatic rings. The molecule has 9 heteroatoms. The van der Waals surface area contributed by atoms with E-state index in [9.17, 15) is 18.7 Å². The Morgan fingerprint density at radius 1 is 1.06 bits per heavy atom. The number of sulfonamides is 1. The van der Waals surface area contributed by atoms with E-state index >= 15 is 0 Å². The fourth-order valence-corrected chi connectivity index (χ4v) is 4.05. The monoisotopic (exact) mass is 453 g/mol. The second-order valence-electron chi connectivity index (χ2n) is 7.32. The first-order valence-corrected chi connectivity index (χ1v) is 11.7. The summed E-state index contributed by atoms with van der Waals surface area (Å²) < 4.78 is 34.0. The fraction of sp³-hybridized carbons (Fsp3) is 0.174. The third-order valence-electron chi connectivity index (χ3n) is 5.09. The van der Waals surface area contributed by atoms with E-state index in [1.165, 1.54) is 0 Å². The van der Waals surface area contributed by atoms with Gasteiger partial charge in [0.1, 0.15) is 11.5 Å². The number of ether oxygens (including phenoxy) is 1. The SMILES string of the molecule is CCS(=O)(=O)Nc1ccc(Oc2cccc(CO)c2)c(-c2cc(C)n(O)c3nccc2-3)c1. The number of benzene rings is 2. The predicted octanol–water partition coefficient (Wildman–Crippen LogP) is 4.25. The van der Waals surface area contributed by atoms with Crippen molar-refractivity contribution in [3.05, 3.63) is 72.1 Å². The molecule has 0 unspecified atom stereocenters. The van der Waals surface area contributed by atoms with Gasteiger partial charge in [0.25, 0.3) is 0 Å². The molecule has 4 rings (SSSR count). The van der Waals surface area contributed by atoms with E-state index < -0.39 is 10.0 Å². The minimum Gasteiger partial charge on any atom is -0.457 e. The molecule has 8 nitrogen and oxygen atoms in total. The molecule has 0 radical (unpaired) electrons. The van der Waals surface area contributed by atoms with Gasteiger partial charge in [0.05, 0.1) is 18.1 Å². The van der Waals surface area contributed by atoms with Gasteiger partial charge in [-0.2, -0.15) is 4.73 Å². The number of hydrogen-bond acceptors (Lipinski definition) is 6. The van der Waals surface area contributed by atoms with E-state index in [1.54, 1.807) is 74.6 Å². The highest BCUT2D eigenvalue weighted by Crippen LogP contribution is 2.41. The molecule has 2 heterocycles. The van der Waals surface area contributed by atoms with Crippen LogP contribution in [-0.2, 0) is 16.6 Å². The number of anilines is 1. The van der Waals surface area contributed by atoms with Gasteiger partial charge in [0, 0.05) is 23.0 Å². The molecule has 0 atom stereocenters. The van der Waals surface area contributed by atoms with Gasteiger partial charge in [-0.3, -0.25) is 4.72 Å². The highest BCUT2D eigenvalue weighted by molar-refractivity contribution is 7.92. The van der Waals surface area contributed by atoms with Crippen LogP contribution in [0.2, 0.25) is 0 Å². The lowest BCUT2D eigenvalue weighted by Crippen LogP contribution is -2.14. The van der Waals surface area contributed by atoms with E-state index in [0.29, 0.717) is 45.4 Å². The van der Waals surface area contributed by atoms with Crippen molar-refractivity contribution in [2.45, 2.75) is 20.5 Å². The Kier molecular flexibility index (Phi) is 5.77. The van der Waals surface area contributed by atoms with Gasteiger partial charge < -0.3 is 15.1 Å². The van der Waals surface area contributed by atoms with Crippen LogP contribution in [0.5, 0.6) is 11.5 Å². The number of aromatic nitrogens is 2. The van der Waals surface area contributed by atoms with Crippen LogP contribution in [0.1, 0.15) is 18.2 Å². The Morgan fingerprint density at radius 2 is 1.88 bits per heavy atom. The summed E-state index contributed by atoms with van der Waals surface area (Å²) in [5.74, 6) is 1.34. The molecule has 0 saturated carbocycles. The van der Waals surface area contributed by atoms with Crippen LogP contribution in [0.25, 0.3) is 22.5 Å². The second-order valence-corrected chi connectivity index (χ2v) is 9.33.